The second-order valence-electron chi connectivity index (χ2n) is 9.27. The fraction of sp³-hybridized carbons (Fsp3) is 0.630. The molecule has 29 heavy (non-hydrogen) atoms. The van der Waals surface area contributed by atoms with Crippen molar-refractivity contribution in [2.75, 3.05) is 12.8 Å². The van der Waals surface area contributed by atoms with Crippen LogP contribution < -0.4 is 4.72 Å². The molecule has 0 amide bonds. The van der Waals surface area contributed by atoms with Crippen LogP contribution >= 0.6 is 11.9 Å². The summed E-state index contributed by atoms with van der Waals surface area (Å²) in [5, 5.41) is 0. The van der Waals surface area contributed by atoms with Crippen molar-refractivity contribution in [3.8, 4) is 0 Å². The molecule has 0 aliphatic heterocycles. The molecule has 2 atom stereocenters. The number of fused-ring (bicyclic) bond motifs is 3. The quantitative estimate of drug-likeness (QED) is 0.278. The van der Waals surface area contributed by atoms with Crippen molar-refractivity contribution in [2.24, 2.45) is 11.3 Å². The Morgan fingerprint density at radius 2 is 1.93 bits per heavy atom. The van der Waals surface area contributed by atoms with Gasteiger partial charge in [0, 0.05) is 6.54 Å². The van der Waals surface area contributed by atoms with Crippen molar-refractivity contribution in [1.29, 1.82) is 0 Å². The van der Waals surface area contributed by atoms with Crippen LogP contribution in [0.5, 0.6) is 0 Å². The monoisotopic (exact) mass is 413 g/mol. The van der Waals surface area contributed by atoms with Gasteiger partial charge in [-0.15, -0.1) is 0 Å². The summed E-state index contributed by atoms with van der Waals surface area (Å²) in [5.41, 5.74) is 8.32. The first-order chi connectivity index (χ1) is 13.9. The van der Waals surface area contributed by atoms with E-state index in [0.29, 0.717) is 5.41 Å². The van der Waals surface area contributed by atoms with E-state index < -0.39 is 0 Å². The Labute approximate surface area is 185 Å². The lowest BCUT2D eigenvalue weighted by Crippen LogP contribution is -2.38. The topological polar surface area (TPSA) is 12.0 Å². The van der Waals surface area contributed by atoms with Crippen LogP contribution in [-0.4, -0.2) is 12.8 Å². The number of unbranched alkanes of at least 4 members (excludes halogenated alkanes) is 1. The number of aryl methyl sites for hydroxylation is 1. The molecule has 1 aromatic rings. The zero-order valence-electron chi connectivity index (χ0n) is 19.9. The average Bonchev–Trinajstić information content (AvgIpc) is 2.67. The number of rotatable bonds is 7. The second-order valence-corrected chi connectivity index (χ2v) is 9.97. The standard InChI is InChI=1S/C25H37NS.C2H6/c1-18-11-12-23-22(14-18)24-19(2)15-20(16-21(24)17-25(23,3)4)10-8-6-7-9-13-26-27-5;1-2/h6,8,11,15-16,22-23,26H,7,9-10,12-14,17H2,1-5H3;1-2H3. The van der Waals surface area contributed by atoms with Crippen LogP contribution in [0, 0.1) is 18.3 Å². The number of benzene rings is 1. The van der Waals surface area contributed by atoms with Crippen LogP contribution in [0.2, 0.25) is 0 Å². The van der Waals surface area contributed by atoms with E-state index in [1.165, 1.54) is 43.2 Å². The SMILES string of the molecule is CC.CSNCCCC=CCc1cc(C)c2c(c1)CC(C)(C)C1CC=C(C)CC21. The summed E-state index contributed by atoms with van der Waals surface area (Å²) in [5.74, 6) is 1.52. The highest BCUT2D eigenvalue weighted by Gasteiger charge is 2.43. The molecule has 1 N–H and O–H groups in total. The molecule has 0 saturated carbocycles. The van der Waals surface area contributed by atoms with Crippen molar-refractivity contribution in [1.82, 2.24) is 4.72 Å². The minimum absolute atomic E-state index is 0.403. The third-order valence-electron chi connectivity index (χ3n) is 6.61. The summed E-state index contributed by atoms with van der Waals surface area (Å²) >= 11 is 1.71. The molecule has 3 rings (SSSR count). The van der Waals surface area contributed by atoms with Crippen molar-refractivity contribution >= 4 is 11.9 Å². The van der Waals surface area contributed by atoms with Crippen LogP contribution in [0.4, 0.5) is 0 Å². The van der Waals surface area contributed by atoms with E-state index in [-0.39, 0.29) is 0 Å². The van der Waals surface area contributed by atoms with Crippen molar-refractivity contribution in [3.63, 3.8) is 0 Å². The Hall–Kier alpha value is -0.990. The Bertz CT molecular complexity index is 713. The van der Waals surface area contributed by atoms with Crippen molar-refractivity contribution in [3.05, 3.63) is 58.2 Å². The molecule has 0 radical (unpaired) electrons. The van der Waals surface area contributed by atoms with Gasteiger partial charge in [-0.05, 0) is 98.1 Å². The highest BCUT2D eigenvalue weighted by atomic mass is 32.2. The Morgan fingerprint density at radius 3 is 2.66 bits per heavy atom. The summed E-state index contributed by atoms with van der Waals surface area (Å²) in [6, 6.07) is 4.98. The lowest BCUT2D eigenvalue weighted by Gasteiger charge is -2.48. The van der Waals surface area contributed by atoms with Gasteiger partial charge in [-0.2, -0.15) is 0 Å². The number of allylic oxidation sites excluding steroid dienone is 4. The Kier molecular flexibility index (Phi) is 9.56. The zero-order chi connectivity index (χ0) is 21.4. The minimum atomic E-state index is 0.403. The van der Waals surface area contributed by atoms with Crippen LogP contribution in [0.15, 0.2) is 35.9 Å². The summed E-state index contributed by atoms with van der Waals surface area (Å²) in [6.07, 6.45) is 16.5. The molecule has 2 unspecified atom stereocenters. The van der Waals surface area contributed by atoms with Gasteiger partial charge in [0.25, 0.3) is 0 Å². The number of hydrogen-bond acceptors (Lipinski definition) is 2. The van der Waals surface area contributed by atoms with Gasteiger partial charge in [0.1, 0.15) is 0 Å². The van der Waals surface area contributed by atoms with Gasteiger partial charge in [0.2, 0.25) is 0 Å². The fourth-order valence-electron chi connectivity index (χ4n) is 5.33. The molecule has 0 heterocycles. The molecule has 1 aromatic carbocycles. The first-order valence-electron chi connectivity index (χ1n) is 11.6. The Morgan fingerprint density at radius 1 is 1.17 bits per heavy atom. The van der Waals surface area contributed by atoms with Gasteiger partial charge >= 0.3 is 0 Å². The number of nitrogens with one attached hydrogen (secondary N) is 1. The minimum Gasteiger partial charge on any atom is -0.264 e. The third kappa shape index (κ3) is 6.25. The van der Waals surface area contributed by atoms with Crippen LogP contribution in [0.1, 0.15) is 88.5 Å². The van der Waals surface area contributed by atoms with Crippen molar-refractivity contribution in [2.45, 2.75) is 86.0 Å². The van der Waals surface area contributed by atoms with E-state index in [0.717, 1.165) is 24.8 Å². The maximum absolute atomic E-state index is 3.31. The smallest absolute Gasteiger partial charge is 0.00613 e. The van der Waals surface area contributed by atoms with Crippen LogP contribution in [0.25, 0.3) is 0 Å². The molecule has 2 aliphatic rings. The average molecular weight is 414 g/mol. The molecular formula is C27H43NS. The van der Waals surface area contributed by atoms with Crippen molar-refractivity contribution < 1.29 is 0 Å². The Balaban J connectivity index is 0.00000145. The molecule has 0 saturated heterocycles. The molecule has 0 spiro atoms. The van der Waals surface area contributed by atoms with E-state index in [4.69, 9.17) is 0 Å². The molecule has 0 fully saturated rings. The summed E-state index contributed by atoms with van der Waals surface area (Å²) in [7, 11) is 0. The van der Waals surface area contributed by atoms with E-state index in [9.17, 15) is 0 Å². The lowest BCUT2D eigenvalue weighted by molar-refractivity contribution is 0.151. The van der Waals surface area contributed by atoms with E-state index >= 15 is 0 Å². The van der Waals surface area contributed by atoms with Gasteiger partial charge in [-0.25, -0.2) is 0 Å². The maximum atomic E-state index is 3.31. The first-order valence-corrected chi connectivity index (χ1v) is 12.8. The second kappa shape index (κ2) is 11.4. The van der Waals surface area contributed by atoms with Gasteiger partial charge in [0.15, 0.2) is 0 Å². The normalized spacial score (nSPS) is 22.4. The fourth-order valence-corrected chi connectivity index (χ4v) is 5.68. The van der Waals surface area contributed by atoms with E-state index in [1.54, 1.807) is 28.6 Å². The predicted molar refractivity (Wildman–Crippen MR) is 133 cm³/mol. The van der Waals surface area contributed by atoms with Gasteiger partial charge in [-0.1, -0.05) is 75.6 Å². The molecule has 1 nitrogen and oxygen atoms in total. The van der Waals surface area contributed by atoms with Gasteiger partial charge in [-0.3, -0.25) is 4.72 Å². The van der Waals surface area contributed by atoms with Gasteiger partial charge in [0.05, 0.1) is 0 Å². The van der Waals surface area contributed by atoms with Crippen LogP contribution in [0.3, 0.4) is 0 Å². The molecule has 2 aliphatic carbocycles. The summed E-state index contributed by atoms with van der Waals surface area (Å²) in [6.45, 7) is 14.7. The molecule has 0 bridgehead atoms. The lowest BCUT2D eigenvalue weighted by atomic mass is 9.57. The third-order valence-corrected chi connectivity index (χ3v) is 7.11. The van der Waals surface area contributed by atoms with E-state index in [1.807, 2.05) is 13.8 Å². The highest BCUT2D eigenvalue weighted by molar-refractivity contribution is 7.96. The largest absolute Gasteiger partial charge is 0.264 e. The zero-order valence-corrected chi connectivity index (χ0v) is 20.7. The highest BCUT2D eigenvalue weighted by Crippen LogP contribution is 2.53. The van der Waals surface area contributed by atoms with Crippen LogP contribution in [-0.2, 0) is 12.8 Å². The predicted octanol–water partition coefficient (Wildman–Crippen LogP) is 7.79. The summed E-state index contributed by atoms with van der Waals surface area (Å²) < 4.78 is 3.31. The summed E-state index contributed by atoms with van der Waals surface area (Å²) in [4.78, 5) is 0. The first kappa shape index (κ1) is 24.3. The number of hydrogen-bond donors (Lipinski definition) is 1. The molecule has 2 heteroatoms. The molecular weight excluding hydrogens is 370 g/mol. The maximum Gasteiger partial charge on any atom is 0.00613 e. The molecule has 0 aromatic heterocycles. The van der Waals surface area contributed by atoms with E-state index in [2.05, 4.69) is 69.0 Å². The van der Waals surface area contributed by atoms with Gasteiger partial charge < -0.3 is 0 Å². The molecule has 162 valence electrons.